The number of nitrogens with zero attached hydrogens (tertiary/aromatic N) is 2. The lowest BCUT2D eigenvalue weighted by atomic mass is 10.2. The summed E-state index contributed by atoms with van der Waals surface area (Å²) in [5.74, 6) is 0.889. The smallest absolute Gasteiger partial charge is 0.130 e. The molecule has 4 heteroatoms. The first kappa shape index (κ1) is 13.3. The zero-order chi connectivity index (χ0) is 13.9. The average Bonchev–Trinajstić information content (AvgIpc) is 3.31. The topological polar surface area (TPSA) is 51.4 Å². The monoisotopic (exact) mass is 271 g/mol. The van der Waals surface area contributed by atoms with Crippen LogP contribution in [0.4, 0.5) is 0 Å². The molecular weight excluding hydrogens is 250 g/mol. The van der Waals surface area contributed by atoms with E-state index in [9.17, 15) is 0 Å². The van der Waals surface area contributed by atoms with E-state index in [0.29, 0.717) is 13.2 Å². The zero-order valence-electron chi connectivity index (χ0n) is 11.9. The molecule has 1 aliphatic carbocycles. The van der Waals surface area contributed by atoms with Crippen LogP contribution in [0.5, 0.6) is 5.75 Å². The van der Waals surface area contributed by atoms with Gasteiger partial charge < -0.3 is 15.4 Å². The molecule has 0 amide bonds. The van der Waals surface area contributed by atoms with E-state index in [0.717, 1.165) is 34.9 Å². The summed E-state index contributed by atoms with van der Waals surface area (Å²) >= 11 is 0. The van der Waals surface area contributed by atoms with Crippen LogP contribution in [-0.4, -0.2) is 36.1 Å². The maximum absolute atomic E-state index is 5.97. The highest BCUT2D eigenvalue weighted by Crippen LogP contribution is 2.27. The maximum Gasteiger partial charge on any atom is 0.130 e. The fraction of sp³-hybridized carbons (Fsp3) is 0.438. The summed E-state index contributed by atoms with van der Waals surface area (Å²) in [4.78, 5) is 6.89. The average molecular weight is 271 g/mol. The van der Waals surface area contributed by atoms with Crippen molar-refractivity contribution in [3.05, 3.63) is 36.0 Å². The van der Waals surface area contributed by atoms with Gasteiger partial charge in [0.05, 0.1) is 11.2 Å². The molecule has 0 aliphatic heterocycles. The third kappa shape index (κ3) is 2.92. The number of nitrogens with two attached hydrogens (primary N) is 1. The van der Waals surface area contributed by atoms with Gasteiger partial charge in [0.15, 0.2) is 0 Å². The Morgan fingerprint density at radius 3 is 2.90 bits per heavy atom. The van der Waals surface area contributed by atoms with Crippen LogP contribution >= 0.6 is 0 Å². The molecule has 1 aromatic carbocycles. The Bertz CT molecular complexity index is 595. The molecule has 3 rings (SSSR count). The summed E-state index contributed by atoms with van der Waals surface area (Å²) in [5, 5.41) is 1.05. The fourth-order valence-electron chi connectivity index (χ4n) is 2.42. The molecular formula is C16H21N3O. The Kier molecular flexibility index (Phi) is 3.85. The molecule has 0 saturated heterocycles. The van der Waals surface area contributed by atoms with Gasteiger partial charge in [-0.1, -0.05) is 12.1 Å². The third-order valence-electron chi connectivity index (χ3n) is 3.81. The van der Waals surface area contributed by atoms with Gasteiger partial charge in [-0.05, 0) is 32.0 Å². The van der Waals surface area contributed by atoms with Gasteiger partial charge in [0, 0.05) is 30.6 Å². The number of fused-ring (bicyclic) bond motifs is 1. The van der Waals surface area contributed by atoms with Gasteiger partial charge in [0.1, 0.15) is 12.4 Å². The highest BCUT2D eigenvalue weighted by molar-refractivity contribution is 5.85. The summed E-state index contributed by atoms with van der Waals surface area (Å²) in [7, 11) is 2.16. The lowest BCUT2D eigenvalue weighted by Gasteiger charge is -2.17. The van der Waals surface area contributed by atoms with Crippen molar-refractivity contribution in [3.63, 3.8) is 0 Å². The second-order valence-electron chi connectivity index (χ2n) is 5.39. The van der Waals surface area contributed by atoms with Gasteiger partial charge in [0.25, 0.3) is 0 Å². The van der Waals surface area contributed by atoms with Crippen LogP contribution in [0.1, 0.15) is 18.5 Å². The van der Waals surface area contributed by atoms with Crippen LogP contribution in [-0.2, 0) is 6.54 Å². The summed E-state index contributed by atoms with van der Waals surface area (Å²) in [6.45, 7) is 2.09. The van der Waals surface area contributed by atoms with E-state index in [2.05, 4.69) is 16.9 Å². The van der Waals surface area contributed by atoms with Crippen LogP contribution in [0.15, 0.2) is 30.3 Å². The first-order valence-corrected chi connectivity index (χ1v) is 7.19. The van der Waals surface area contributed by atoms with Gasteiger partial charge in [-0.25, -0.2) is 0 Å². The van der Waals surface area contributed by atoms with Crippen molar-refractivity contribution in [1.29, 1.82) is 0 Å². The second-order valence-corrected chi connectivity index (χ2v) is 5.39. The predicted octanol–water partition coefficient (Wildman–Crippen LogP) is 2.17. The molecule has 4 nitrogen and oxygen atoms in total. The number of hydrogen-bond acceptors (Lipinski definition) is 4. The molecule has 0 atom stereocenters. The number of para-hydroxylation sites is 1. The Morgan fingerprint density at radius 2 is 2.15 bits per heavy atom. The van der Waals surface area contributed by atoms with E-state index in [1.54, 1.807) is 0 Å². The Balaban J connectivity index is 1.75. The predicted molar refractivity (Wildman–Crippen MR) is 80.8 cm³/mol. The van der Waals surface area contributed by atoms with Crippen LogP contribution in [0.25, 0.3) is 10.9 Å². The second kappa shape index (κ2) is 5.77. The summed E-state index contributed by atoms with van der Waals surface area (Å²) in [5.41, 5.74) is 7.52. The van der Waals surface area contributed by atoms with Gasteiger partial charge in [-0.15, -0.1) is 0 Å². The number of hydrogen-bond donors (Lipinski definition) is 1. The maximum atomic E-state index is 5.97. The van der Waals surface area contributed by atoms with Crippen molar-refractivity contribution in [1.82, 2.24) is 9.88 Å². The Labute approximate surface area is 119 Å². The number of benzene rings is 1. The summed E-state index contributed by atoms with van der Waals surface area (Å²) in [6, 6.07) is 10.8. The molecule has 1 fully saturated rings. The normalized spacial score (nSPS) is 14.9. The van der Waals surface area contributed by atoms with Gasteiger partial charge in [-0.3, -0.25) is 4.98 Å². The van der Waals surface area contributed by atoms with Gasteiger partial charge in [0.2, 0.25) is 0 Å². The van der Waals surface area contributed by atoms with Crippen molar-refractivity contribution in [2.45, 2.75) is 25.4 Å². The number of ether oxygens (including phenoxy) is 1. The first-order chi connectivity index (χ1) is 9.78. The van der Waals surface area contributed by atoms with Crippen molar-refractivity contribution < 1.29 is 4.74 Å². The number of aromatic nitrogens is 1. The van der Waals surface area contributed by atoms with E-state index >= 15 is 0 Å². The molecule has 2 aromatic rings. The van der Waals surface area contributed by atoms with E-state index in [1.807, 2.05) is 30.3 Å². The summed E-state index contributed by atoms with van der Waals surface area (Å²) < 4.78 is 5.97. The molecule has 1 aliphatic rings. The van der Waals surface area contributed by atoms with Gasteiger partial charge >= 0.3 is 0 Å². The molecule has 1 heterocycles. The van der Waals surface area contributed by atoms with Crippen LogP contribution < -0.4 is 10.5 Å². The number of likely N-dealkylation sites (N-methyl/N-ethyl adjacent to an activating group) is 1. The zero-order valence-corrected chi connectivity index (χ0v) is 11.9. The van der Waals surface area contributed by atoms with E-state index in [4.69, 9.17) is 10.5 Å². The molecule has 106 valence electrons. The minimum Gasteiger partial charge on any atom is -0.491 e. The van der Waals surface area contributed by atoms with Crippen molar-refractivity contribution >= 4 is 10.9 Å². The Morgan fingerprint density at radius 1 is 1.35 bits per heavy atom. The quantitative estimate of drug-likeness (QED) is 0.875. The van der Waals surface area contributed by atoms with Crippen molar-refractivity contribution in [2.75, 3.05) is 20.2 Å². The Hall–Kier alpha value is -1.65. The van der Waals surface area contributed by atoms with Crippen molar-refractivity contribution in [2.24, 2.45) is 5.73 Å². The van der Waals surface area contributed by atoms with Gasteiger partial charge in [-0.2, -0.15) is 0 Å². The molecule has 0 spiro atoms. The first-order valence-electron chi connectivity index (χ1n) is 7.19. The summed E-state index contributed by atoms with van der Waals surface area (Å²) in [6.07, 6.45) is 2.65. The fourth-order valence-corrected chi connectivity index (χ4v) is 2.42. The highest BCUT2D eigenvalue weighted by atomic mass is 16.5. The van der Waals surface area contributed by atoms with E-state index in [-0.39, 0.29) is 0 Å². The molecule has 0 radical (unpaired) electrons. The molecule has 2 N–H and O–H groups in total. The minimum atomic E-state index is 0.434. The standard InChI is InChI=1S/C16H21N3O/c1-19(13-6-7-13)8-9-20-16-10-12(11-17)18-15-5-3-2-4-14(15)16/h2-5,10,13H,6-9,11,17H2,1H3. The van der Waals surface area contributed by atoms with E-state index in [1.165, 1.54) is 12.8 Å². The molecule has 1 saturated carbocycles. The third-order valence-corrected chi connectivity index (χ3v) is 3.81. The van der Waals surface area contributed by atoms with Crippen LogP contribution in [0.2, 0.25) is 0 Å². The van der Waals surface area contributed by atoms with Crippen LogP contribution in [0.3, 0.4) is 0 Å². The molecule has 1 aromatic heterocycles. The highest BCUT2D eigenvalue weighted by Gasteiger charge is 2.25. The molecule has 20 heavy (non-hydrogen) atoms. The van der Waals surface area contributed by atoms with E-state index < -0.39 is 0 Å². The number of pyridine rings is 1. The molecule has 0 bridgehead atoms. The number of rotatable bonds is 6. The van der Waals surface area contributed by atoms with Crippen LogP contribution in [0, 0.1) is 0 Å². The molecule has 0 unspecified atom stereocenters. The minimum absolute atomic E-state index is 0.434. The largest absolute Gasteiger partial charge is 0.491 e. The van der Waals surface area contributed by atoms with Crippen molar-refractivity contribution in [3.8, 4) is 5.75 Å². The lowest BCUT2D eigenvalue weighted by molar-refractivity contribution is 0.233. The lowest BCUT2D eigenvalue weighted by Crippen LogP contribution is -2.26. The SMILES string of the molecule is CN(CCOc1cc(CN)nc2ccccc12)C1CC1.